The van der Waals surface area contributed by atoms with Crippen LogP contribution in [0.3, 0.4) is 0 Å². The highest BCUT2D eigenvalue weighted by Gasteiger charge is 2.43. The molecule has 2 aliphatic carbocycles. The minimum Gasteiger partial charge on any atom is -0.396 e. The summed E-state index contributed by atoms with van der Waals surface area (Å²) in [6, 6.07) is 0. The van der Waals surface area contributed by atoms with Crippen molar-refractivity contribution in [2.24, 2.45) is 17.8 Å². The van der Waals surface area contributed by atoms with Crippen molar-refractivity contribution in [2.45, 2.75) is 51.5 Å². The molecule has 16 heavy (non-hydrogen) atoms. The summed E-state index contributed by atoms with van der Waals surface area (Å²) in [4.78, 5) is 12.1. The molecule has 0 heterocycles. The quantitative estimate of drug-likeness (QED) is 0.765. The van der Waals surface area contributed by atoms with E-state index in [1.165, 1.54) is 19.3 Å². The number of carbonyl (C=O) groups excluding carboxylic acids is 1. The molecular weight excluding hydrogens is 202 g/mol. The van der Waals surface area contributed by atoms with Gasteiger partial charge in [-0.2, -0.15) is 0 Å². The second kappa shape index (κ2) is 4.36. The minimum absolute atomic E-state index is 0.129. The van der Waals surface area contributed by atoms with Gasteiger partial charge in [0.05, 0.1) is 0 Å². The fraction of sp³-hybridized carbons (Fsp3) is 0.923. The number of fused-ring (bicyclic) bond motifs is 2. The summed E-state index contributed by atoms with van der Waals surface area (Å²) < 4.78 is 0. The fourth-order valence-electron chi connectivity index (χ4n) is 3.33. The number of amides is 1. The average molecular weight is 225 g/mol. The SMILES string of the molecule is CC(C)(CCO)NC(=O)C1CC2CCC1C2. The van der Waals surface area contributed by atoms with Crippen LogP contribution in [0.2, 0.25) is 0 Å². The van der Waals surface area contributed by atoms with Crippen LogP contribution in [0.15, 0.2) is 0 Å². The van der Waals surface area contributed by atoms with Crippen molar-refractivity contribution in [3.05, 3.63) is 0 Å². The molecule has 2 bridgehead atoms. The molecule has 2 aliphatic rings. The number of hydrogen-bond acceptors (Lipinski definition) is 2. The molecule has 2 N–H and O–H groups in total. The van der Waals surface area contributed by atoms with E-state index in [9.17, 15) is 4.79 Å². The maximum Gasteiger partial charge on any atom is 0.223 e. The van der Waals surface area contributed by atoms with Crippen LogP contribution in [0.25, 0.3) is 0 Å². The van der Waals surface area contributed by atoms with Gasteiger partial charge in [0.1, 0.15) is 0 Å². The Balaban J connectivity index is 1.89. The van der Waals surface area contributed by atoms with Crippen LogP contribution < -0.4 is 5.32 Å². The van der Waals surface area contributed by atoms with Crippen molar-refractivity contribution in [2.75, 3.05) is 6.61 Å². The van der Waals surface area contributed by atoms with E-state index in [-0.39, 0.29) is 24.0 Å². The summed E-state index contributed by atoms with van der Waals surface area (Å²) in [5, 5.41) is 12.0. The number of aliphatic hydroxyl groups is 1. The Morgan fingerprint density at radius 2 is 2.12 bits per heavy atom. The summed E-state index contributed by atoms with van der Waals surface area (Å²) in [5.41, 5.74) is -0.270. The Hall–Kier alpha value is -0.570. The first kappa shape index (κ1) is 11.9. The predicted molar refractivity (Wildman–Crippen MR) is 62.9 cm³/mol. The maximum absolute atomic E-state index is 12.1. The van der Waals surface area contributed by atoms with Crippen molar-refractivity contribution in [3.8, 4) is 0 Å². The molecule has 0 aromatic carbocycles. The molecule has 2 fully saturated rings. The van der Waals surface area contributed by atoms with Crippen molar-refractivity contribution in [1.29, 1.82) is 0 Å². The van der Waals surface area contributed by atoms with Crippen LogP contribution in [0.4, 0.5) is 0 Å². The second-order valence-corrected chi connectivity index (χ2v) is 6.13. The van der Waals surface area contributed by atoms with Crippen molar-refractivity contribution < 1.29 is 9.90 Å². The molecule has 2 rings (SSSR count). The van der Waals surface area contributed by atoms with Crippen molar-refractivity contribution in [3.63, 3.8) is 0 Å². The molecule has 3 heteroatoms. The summed E-state index contributed by atoms with van der Waals surface area (Å²) in [6.45, 7) is 4.09. The summed E-state index contributed by atoms with van der Waals surface area (Å²) in [6.07, 6.45) is 5.54. The van der Waals surface area contributed by atoms with Crippen LogP contribution in [0.5, 0.6) is 0 Å². The van der Waals surface area contributed by atoms with Gasteiger partial charge in [0, 0.05) is 18.1 Å². The van der Waals surface area contributed by atoms with Crippen LogP contribution in [0, 0.1) is 17.8 Å². The molecule has 0 aliphatic heterocycles. The molecule has 3 nitrogen and oxygen atoms in total. The van der Waals surface area contributed by atoms with Crippen LogP contribution >= 0.6 is 0 Å². The van der Waals surface area contributed by atoms with E-state index in [0.717, 1.165) is 12.3 Å². The fourth-order valence-corrected chi connectivity index (χ4v) is 3.33. The first-order valence-corrected chi connectivity index (χ1v) is 6.45. The van der Waals surface area contributed by atoms with Gasteiger partial charge in [0.25, 0.3) is 0 Å². The third kappa shape index (κ3) is 2.40. The average Bonchev–Trinajstić information content (AvgIpc) is 2.77. The van der Waals surface area contributed by atoms with Crippen LogP contribution in [0.1, 0.15) is 46.0 Å². The van der Waals surface area contributed by atoms with Gasteiger partial charge in [-0.1, -0.05) is 6.42 Å². The van der Waals surface area contributed by atoms with E-state index in [1.807, 2.05) is 13.8 Å². The highest BCUT2D eigenvalue weighted by atomic mass is 16.3. The molecule has 0 aromatic rings. The Bertz CT molecular complexity index is 275. The van der Waals surface area contributed by atoms with Gasteiger partial charge < -0.3 is 10.4 Å². The summed E-state index contributed by atoms with van der Waals surface area (Å²) >= 11 is 0. The minimum atomic E-state index is -0.270. The lowest BCUT2D eigenvalue weighted by molar-refractivity contribution is -0.128. The Kier molecular flexibility index (Phi) is 3.24. The Morgan fingerprint density at radius 1 is 1.38 bits per heavy atom. The monoisotopic (exact) mass is 225 g/mol. The molecule has 2 saturated carbocycles. The van der Waals surface area contributed by atoms with E-state index < -0.39 is 0 Å². The highest BCUT2D eigenvalue weighted by molar-refractivity contribution is 5.80. The zero-order valence-electron chi connectivity index (χ0n) is 10.3. The van der Waals surface area contributed by atoms with E-state index >= 15 is 0 Å². The maximum atomic E-state index is 12.1. The van der Waals surface area contributed by atoms with Crippen LogP contribution in [-0.2, 0) is 4.79 Å². The molecule has 3 atom stereocenters. The largest absolute Gasteiger partial charge is 0.396 e. The Labute approximate surface area is 97.6 Å². The first-order chi connectivity index (χ1) is 7.52. The number of rotatable bonds is 4. The molecule has 0 spiro atoms. The van der Waals surface area contributed by atoms with Gasteiger partial charge in [0.15, 0.2) is 0 Å². The van der Waals surface area contributed by atoms with E-state index in [1.54, 1.807) is 0 Å². The number of hydrogen-bond donors (Lipinski definition) is 2. The van der Waals surface area contributed by atoms with Gasteiger partial charge in [-0.3, -0.25) is 4.79 Å². The summed E-state index contributed by atoms with van der Waals surface area (Å²) in [7, 11) is 0. The number of nitrogens with one attached hydrogen (secondary N) is 1. The van der Waals surface area contributed by atoms with E-state index in [4.69, 9.17) is 5.11 Å². The van der Waals surface area contributed by atoms with Gasteiger partial charge in [-0.15, -0.1) is 0 Å². The topological polar surface area (TPSA) is 49.3 Å². The third-order valence-electron chi connectivity index (χ3n) is 4.27. The van der Waals surface area contributed by atoms with Gasteiger partial charge in [0.2, 0.25) is 5.91 Å². The predicted octanol–water partition coefficient (Wildman–Crippen LogP) is 1.70. The van der Waals surface area contributed by atoms with Gasteiger partial charge in [-0.05, 0) is 51.4 Å². The lowest BCUT2D eigenvalue weighted by Gasteiger charge is -2.29. The van der Waals surface area contributed by atoms with Crippen molar-refractivity contribution >= 4 is 5.91 Å². The van der Waals surface area contributed by atoms with Crippen LogP contribution in [-0.4, -0.2) is 23.2 Å². The second-order valence-electron chi connectivity index (χ2n) is 6.13. The molecular formula is C13H23NO2. The standard InChI is InChI=1S/C13H23NO2/c1-13(2,5-6-15)14-12(16)11-8-9-3-4-10(11)7-9/h9-11,15H,3-8H2,1-2H3,(H,14,16). The molecule has 0 aromatic heterocycles. The molecule has 92 valence electrons. The van der Waals surface area contributed by atoms with Gasteiger partial charge >= 0.3 is 0 Å². The zero-order valence-corrected chi connectivity index (χ0v) is 10.3. The third-order valence-corrected chi connectivity index (χ3v) is 4.27. The molecule has 0 radical (unpaired) electrons. The zero-order chi connectivity index (χ0) is 11.8. The molecule has 3 unspecified atom stereocenters. The lowest BCUT2D eigenvalue weighted by Crippen LogP contribution is -2.47. The smallest absolute Gasteiger partial charge is 0.223 e. The number of carbonyl (C=O) groups is 1. The van der Waals surface area contributed by atoms with Crippen molar-refractivity contribution in [1.82, 2.24) is 5.32 Å². The number of aliphatic hydroxyl groups excluding tert-OH is 1. The molecule has 0 saturated heterocycles. The van der Waals surface area contributed by atoms with Gasteiger partial charge in [-0.25, -0.2) is 0 Å². The summed E-state index contributed by atoms with van der Waals surface area (Å²) in [5.74, 6) is 1.90. The van der Waals surface area contributed by atoms with E-state index in [0.29, 0.717) is 12.3 Å². The lowest BCUT2D eigenvalue weighted by atomic mass is 9.87. The van der Waals surface area contributed by atoms with E-state index in [2.05, 4.69) is 5.32 Å². The first-order valence-electron chi connectivity index (χ1n) is 6.45. The molecule has 1 amide bonds. The Morgan fingerprint density at radius 3 is 2.62 bits per heavy atom. The normalized spacial score (nSPS) is 33.1. The highest BCUT2D eigenvalue weighted by Crippen LogP contribution is 2.48.